The maximum Gasteiger partial charge on any atom is 0.240 e. The number of hydrogen-bond donors (Lipinski definition) is 2. The van der Waals surface area contributed by atoms with Crippen molar-refractivity contribution in [1.82, 2.24) is 10.0 Å². The van der Waals surface area contributed by atoms with E-state index in [0.29, 0.717) is 23.1 Å². The number of nitrogens with one attached hydrogen (secondary N) is 2. The van der Waals surface area contributed by atoms with Crippen molar-refractivity contribution in [3.63, 3.8) is 0 Å². The van der Waals surface area contributed by atoms with Gasteiger partial charge in [-0.1, -0.05) is 0 Å². The third-order valence-corrected chi connectivity index (χ3v) is 5.06. The Bertz CT molecular complexity index is 552. The zero-order chi connectivity index (χ0) is 14.6. The van der Waals surface area contributed by atoms with Gasteiger partial charge in [0, 0.05) is 6.54 Å². The molecular formula is C14H22N2O3S. The molecule has 0 bridgehead atoms. The number of hydrogen-bond acceptors (Lipinski definition) is 4. The Morgan fingerprint density at radius 1 is 1.45 bits per heavy atom. The van der Waals surface area contributed by atoms with E-state index in [1.165, 1.54) is 0 Å². The fraction of sp³-hybridized carbons (Fsp3) is 0.571. The maximum atomic E-state index is 12.3. The molecule has 0 saturated carbocycles. The van der Waals surface area contributed by atoms with Gasteiger partial charge >= 0.3 is 0 Å². The zero-order valence-electron chi connectivity index (χ0n) is 12.0. The third-order valence-electron chi connectivity index (χ3n) is 3.64. The maximum absolute atomic E-state index is 12.3. The van der Waals surface area contributed by atoms with Crippen molar-refractivity contribution in [2.75, 3.05) is 26.7 Å². The summed E-state index contributed by atoms with van der Waals surface area (Å²) >= 11 is 0. The van der Waals surface area contributed by atoms with Gasteiger partial charge in [0.05, 0.1) is 12.0 Å². The highest BCUT2D eigenvalue weighted by Gasteiger charge is 2.19. The molecule has 1 saturated heterocycles. The molecule has 2 N–H and O–H groups in total. The van der Waals surface area contributed by atoms with Crippen molar-refractivity contribution in [3.05, 3.63) is 23.8 Å². The first-order valence-electron chi connectivity index (χ1n) is 6.88. The Kier molecular flexibility index (Phi) is 5.01. The predicted octanol–water partition coefficient (Wildman–Crippen LogP) is 1.28. The summed E-state index contributed by atoms with van der Waals surface area (Å²) in [6.45, 7) is 4.23. The summed E-state index contributed by atoms with van der Waals surface area (Å²) in [7, 11) is -1.87. The molecule has 1 aromatic carbocycles. The second kappa shape index (κ2) is 6.56. The molecule has 6 heteroatoms. The van der Waals surface area contributed by atoms with Gasteiger partial charge in [-0.05, 0) is 62.5 Å². The highest BCUT2D eigenvalue weighted by Crippen LogP contribution is 2.21. The third kappa shape index (κ3) is 3.71. The molecule has 5 nitrogen and oxygen atoms in total. The van der Waals surface area contributed by atoms with Gasteiger partial charge in [0.15, 0.2) is 0 Å². The standard InChI is InChI=1S/C14H22N2O3S/c1-11-8-13(5-6-14(11)19-2)20(17,18)16-10-12-4-3-7-15-9-12/h5-6,8,12,15-16H,3-4,7,9-10H2,1-2H3/t12-/m0/s1. The minimum Gasteiger partial charge on any atom is -0.496 e. The number of piperidine rings is 1. The van der Waals surface area contributed by atoms with Crippen LogP contribution in [0.1, 0.15) is 18.4 Å². The molecule has 1 aliphatic heterocycles. The van der Waals surface area contributed by atoms with Gasteiger partial charge in [-0.25, -0.2) is 13.1 Å². The summed E-state index contributed by atoms with van der Waals surface area (Å²) in [6.07, 6.45) is 2.17. The average molecular weight is 298 g/mol. The molecule has 0 amide bonds. The molecule has 1 aromatic rings. The predicted molar refractivity (Wildman–Crippen MR) is 78.5 cm³/mol. The van der Waals surface area contributed by atoms with Crippen LogP contribution in [0.2, 0.25) is 0 Å². The Balaban J connectivity index is 2.04. The van der Waals surface area contributed by atoms with Crippen molar-refractivity contribution in [2.45, 2.75) is 24.7 Å². The molecule has 20 heavy (non-hydrogen) atoms. The molecule has 0 unspecified atom stereocenters. The summed E-state index contributed by atoms with van der Waals surface area (Å²) in [4.78, 5) is 0.291. The minimum atomic E-state index is -3.44. The Morgan fingerprint density at radius 3 is 2.85 bits per heavy atom. The summed E-state index contributed by atoms with van der Waals surface area (Å²) in [5.74, 6) is 1.07. The molecule has 1 aliphatic rings. The van der Waals surface area contributed by atoms with Crippen molar-refractivity contribution in [3.8, 4) is 5.75 Å². The zero-order valence-corrected chi connectivity index (χ0v) is 12.8. The number of aryl methyl sites for hydroxylation is 1. The lowest BCUT2D eigenvalue weighted by Crippen LogP contribution is -2.38. The van der Waals surface area contributed by atoms with Crippen molar-refractivity contribution < 1.29 is 13.2 Å². The molecule has 112 valence electrons. The van der Waals surface area contributed by atoms with Gasteiger partial charge in [-0.15, -0.1) is 0 Å². The molecule has 1 atom stereocenters. The summed E-state index contributed by atoms with van der Waals surface area (Å²) in [5.41, 5.74) is 0.815. The van der Waals surface area contributed by atoms with E-state index in [9.17, 15) is 8.42 Å². The van der Waals surface area contributed by atoms with Crippen LogP contribution in [-0.4, -0.2) is 35.2 Å². The van der Waals surface area contributed by atoms with Gasteiger partial charge in [0.1, 0.15) is 5.75 Å². The molecule has 0 aliphatic carbocycles. The lowest BCUT2D eigenvalue weighted by molar-refractivity contribution is 0.376. The van der Waals surface area contributed by atoms with Crippen LogP contribution in [-0.2, 0) is 10.0 Å². The highest BCUT2D eigenvalue weighted by atomic mass is 32.2. The van der Waals surface area contributed by atoms with Crippen LogP contribution in [0.25, 0.3) is 0 Å². The number of rotatable bonds is 5. The van der Waals surface area contributed by atoms with Crippen LogP contribution in [0.3, 0.4) is 0 Å². The topological polar surface area (TPSA) is 67.4 Å². The smallest absolute Gasteiger partial charge is 0.240 e. The number of sulfonamides is 1. The molecule has 0 aromatic heterocycles. The second-order valence-electron chi connectivity index (χ2n) is 5.20. The van der Waals surface area contributed by atoms with E-state index in [4.69, 9.17) is 4.74 Å². The molecular weight excluding hydrogens is 276 g/mol. The first-order valence-corrected chi connectivity index (χ1v) is 8.36. The fourth-order valence-corrected chi connectivity index (χ4v) is 3.63. The van der Waals surface area contributed by atoms with Crippen molar-refractivity contribution in [1.29, 1.82) is 0 Å². The molecule has 0 spiro atoms. The van der Waals surface area contributed by atoms with Gasteiger partial charge in [-0.2, -0.15) is 0 Å². The summed E-state index contributed by atoms with van der Waals surface area (Å²) in [5, 5.41) is 3.28. The van der Waals surface area contributed by atoms with E-state index in [-0.39, 0.29) is 0 Å². The van der Waals surface area contributed by atoms with Crippen LogP contribution in [0, 0.1) is 12.8 Å². The normalized spacial score (nSPS) is 19.8. The van der Waals surface area contributed by atoms with E-state index in [1.54, 1.807) is 25.3 Å². The SMILES string of the molecule is COc1ccc(S(=O)(=O)NC[C@H]2CCCNC2)cc1C. The quantitative estimate of drug-likeness (QED) is 0.859. The first kappa shape index (κ1) is 15.3. The molecule has 0 radical (unpaired) electrons. The number of ether oxygens (including phenoxy) is 1. The van der Waals surface area contributed by atoms with E-state index in [1.807, 2.05) is 6.92 Å². The largest absolute Gasteiger partial charge is 0.496 e. The van der Waals surface area contributed by atoms with E-state index < -0.39 is 10.0 Å². The number of methoxy groups -OCH3 is 1. The van der Waals surface area contributed by atoms with Gasteiger partial charge in [0.25, 0.3) is 0 Å². The van der Waals surface area contributed by atoms with Crippen molar-refractivity contribution >= 4 is 10.0 Å². The second-order valence-corrected chi connectivity index (χ2v) is 6.96. The van der Waals surface area contributed by atoms with E-state index in [2.05, 4.69) is 10.0 Å². The van der Waals surface area contributed by atoms with E-state index in [0.717, 1.165) is 31.5 Å². The molecule has 1 heterocycles. The monoisotopic (exact) mass is 298 g/mol. The lowest BCUT2D eigenvalue weighted by atomic mass is 10.0. The fourth-order valence-electron chi connectivity index (χ4n) is 2.43. The summed E-state index contributed by atoms with van der Waals surface area (Å²) < 4.78 is 32.4. The van der Waals surface area contributed by atoms with Crippen LogP contribution in [0.4, 0.5) is 0 Å². The van der Waals surface area contributed by atoms with Crippen LogP contribution >= 0.6 is 0 Å². The lowest BCUT2D eigenvalue weighted by Gasteiger charge is -2.22. The van der Waals surface area contributed by atoms with Gasteiger partial charge in [-0.3, -0.25) is 0 Å². The highest BCUT2D eigenvalue weighted by molar-refractivity contribution is 7.89. The van der Waals surface area contributed by atoms with Crippen LogP contribution < -0.4 is 14.8 Å². The number of benzene rings is 1. The van der Waals surface area contributed by atoms with Crippen molar-refractivity contribution in [2.24, 2.45) is 5.92 Å². The van der Waals surface area contributed by atoms with Gasteiger partial charge < -0.3 is 10.1 Å². The molecule has 2 rings (SSSR count). The summed E-state index contributed by atoms with van der Waals surface area (Å²) in [6, 6.07) is 4.90. The Hall–Kier alpha value is -1.11. The minimum absolute atomic E-state index is 0.291. The molecule has 1 fully saturated rings. The van der Waals surface area contributed by atoms with E-state index >= 15 is 0 Å². The van der Waals surface area contributed by atoms with Crippen LogP contribution in [0.15, 0.2) is 23.1 Å². The average Bonchev–Trinajstić information content (AvgIpc) is 2.46. The van der Waals surface area contributed by atoms with Gasteiger partial charge in [0.2, 0.25) is 10.0 Å². The van der Waals surface area contributed by atoms with Crippen LogP contribution in [0.5, 0.6) is 5.75 Å². The Morgan fingerprint density at radius 2 is 2.25 bits per heavy atom. The first-order chi connectivity index (χ1) is 9.53. The Labute approximate surface area is 120 Å².